The van der Waals surface area contributed by atoms with Crippen molar-refractivity contribution in [2.75, 3.05) is 19.8 Å². The monoisotopic (exact) mass is 218 g/mol. The van der Waals surface area contributed by atoms with Crippen LogP contribution in [-0.2, 0) is 4.74 Å². The molecule has 0 aromatic heterocycles. The normalized spacial score (nSPS) is 16.4. The van der Waals surface area contributed by atoms with Gasteiger partial charge in [0.1, 0.15) is 0 Å². The van der Waals surface area contributed by atoms with Gasteiger partial charge >= 0.3 is 0 Å². The molecule has 0 aromatic carbocycles. The molecule has 2 atom stereocenters. The van der Waals surface area contributed by atoms with Crippen LogP contribution in [-0.4, -0.2) is 36.1 Å². The van der Waals surface area contributed by atoms with Crippen LogP contribution in [0.3, 0.4) is 0 Å². The van der Waals surface area contributed by atoms with Gasteiger partial charge < -0.3 is 14.9 Å². The molecule has 0 amide bonds. The summed E-state index contributed by atoms with van der Waals surface area (Å²) in [7, 11) is 0. The summed E-state index contributed by atoms with van der Waals surface area (Å²) in [5.74, 6) is 0.330. The maximum absolute atomic E-state index is 9.37. The van der Waals surface area contributed by atoms with Gasteiger partial charge in [0.25, 0.3) is 0 Å². The third-order valence-electron chi connectivity index (χ3n) is 2.99. The molecule has 3 nitrogen and oxygen atoms in total. The Kier molecular flexibility index (Phi) is 7.14. The maximum Gasteiger partial charge on any atom is 0.0773 e. The average Bonchev–Trinajstić information content (AvgIpc) is 2.17. The van der Waals surface area contributed by atoms with Crippen molar-refractivity contribution in [1.29, 1.82) is 0 Å². The van der Waals surface area contributed by atoms with Crippen LogP contribution in [0.15, 0.2) is 0 Å². The van der Waals surface area contributed by atoms with Crippen LogP contribution in [0.4, 0.5) is 0 Å². The lowest BCUT2D eigenvalue weighted by molar-refractivity contribution is 0.00546. The molecule has 0 bridgehead atoms. The summed E-state index contributed by atoms with van der Waals surface area (Å²) in [6, 6.07) is 0. The number of aliphatic hydroxyl groups is 2. The van der Waals surface area contributed by atoms with Crippen LogP contribution < -0.4 is 0 Å². The lowest BCUT2D eigenvalue weighted by Gasteiger charge is -2.32. The van der Waals surface area contributed by atoms with Gasteiger partial charge in [0.15, 0.2) is 0 Å². The molecule has 0 saturated carbocycles. The molecule has 0 fully saturated rings. The van der Waals surface area contributed by atoms with E-state index in [-0.39, 0.29) is 12.0 Å². The van der Waals surface area contributed by atoms with Gasteiger partial charge in [-0.3, -0.25) is 0 Å². The van der Waals surface area contributed by atoms with E-state index in [0.29, 0.717) is 18.9 Å². The molecule has 0 heterocycles. The summed E-state index contributed by atoms with van der Waals surface area (Å²) in [5.41, 5.74) is 0.0469. The third kappa shape index (κ3) is 6.13. The zero-order valence-corrected chi connectivity index (χ0v) is 10.5. The Morgan fingerprint density at radius 1 is 1.33 bits per heavy atom. The Hall–Kier alpha value is -0.120. The standard InChI is InChI=1S/C12H26O3/c1-5-6-15-9-12(3,4)10(2)7-11(14)8-13/h10-11,13-14H,5-9H2,1-4H3. The zero-order chi connectivity index (χ0) is 11.9. The quantitative estimate of drug-likeness (QED) is 0.611. The van der Waals surface area contributed by atoms with Crippen LogP contribution in [0.1, 0.15) is 40.5 Å². The van der Waals surface area contributed by atoms with E-state index >= 15 is 0 Å². The highest BCUT2D eigenvalue weighted by atomic mass is 16.5. The molecule has 0 radical (unpaired) electrons. The Morgan fingerprint density at radius 2 is 1.93 bits per heavy atom. The largest absolute Gasteiger partial charge is 0.394 e. The van der Waals surface area contributed by atoms with Gasteiger partial charge in [-0.1, -0.05) is 27.7 Å². The van der Waals surface area contributed by atoms with Crippen molar-refractivity contribution < 1.29 is 14.9 Å². The Bertz CT molecular complexity index is 157. The van der Waals surface area contributed by atoms with Crippen molar-refractivity contribution >= 4 is 0 Å². The molecule has 0 saturated heterocycles. The van der Waals surface area contributed by atoms with Crippen molar-refractivity contribution in [1.82, 2.24) is 0 Å². The average molecular weight is 218 g/mol. The second-order valence-corrected chi connectivity index (χ2v) is 5.01. The van der Waals surface area contributed by atoms with Gasteiger partial charge in [0.05, 0.1) is 19.3 Å². The van der Waals surface area contributed by atoms with Crippen LogP contribution in [0.25, 0.3) is 0 Å². The van der Waals surface area contributed by atoms with E-state index in [1.807, 2.05) is 0 Å². The van der Waals surface area contributed by atoms with Gasteiger partial charge in [-0.05, 0) is 24.2 Å². The molecule has 15 heavy (non-hydrogen) atoms. The molecule has 0 rings (SSSR count). The topological polar surface area (TPSA) is 49.7 Å². The summed E-state index contributed by atoms with van der Waals surface area (Å²) >= 11 is 0. The number of ether oxygens (including phenoxy) is 1. The number of hydrogen-bond donors (Lipinski definition) is 2. The molecular formula is C12H26O3. The van der Waals surface area contributed by atoms with Crippen LogP contribution in [0.2, 0.25) is 0 Å². The molecule has 0 spiro atoms. The molecule has 0 aromatic rings. The van der Waals surface area contributed by atoms with Crippen molar-refractivity contribution in [3.63, 3.8) is 0 Å². The highest BCUT2D eigenvalue weighted by Gasteiger charge is 2.27. The SMILES string of the molecule is CCCOCC(C)(C)C(C)CC(O)CO. The van der Waals surface area contributed by atoms with Gasteiger partial charge in [0.2, 0.25) is 0 Å². The van der Waals surface area contributed by atoms with E-state index in [1.165, 1.54) is 0 Å². The first-order chi connectivity index (χ1) is 6.94. The van der Waals surface area contributed by atoms with Crippen LogP contribution in [0, 0.1) is 11.3 Å². The highest BCUT2D eigenvalue weighted by molar-refractivity contribution is 4.77. The predicted molar refractivity (Wildman–Crippen MR) is 61.8 cm³/mol. The third-order valence-corrected chi connectivity index (χ3v) is 2.99. The van der Waals surface area contributed by atoms with E-state index < -0.39 is 6.10 Å². The molecule has 2 N–H and O–H groups in total. The molecule has 92 valence electrons. The summed E-state index contributed by atoms with van der Waals surface area (Å²) in [4.78, 5) is 0. The van der Waals surface area contributed by atoms with Crippen molar-refractivity contribution in [2.24, 2.45) is 11.3 Å². The predicted octanol–water partition coefficient (Wildman–Crippen LogP) is 1.82. The lowest BCUT2D eigenvalue weighted by atomic mass is 9.78. The zero-order valence-electron chi connectivity index (χ0n) is 10.5. The number of aliphatic hydroxyl groups excluding tert-OH is 2. The summed E-state index contributed by atoms with van der Waals surface area (Å²) < 4.78 is 5.54. The van der Waals surface area contributed by atoms with E-state index in [0.717, 1.165) is 13.0 Å². The fourth-order valence-electron chi connectivity index (χ4n) is 1.42. The molecular weight excluding hydrogens is 192 g/mol. The van der Waals surface area contributed by atoms with Crippen molar-refractivity contribution in [2.45, 2.75) is 46.6 Å². The minimum atomic E-state index is -0.606. The fourth-order valence-corrected chi connectivity index (χ4v) is 1.42. The minimum Gasteiger partial charge on any atom is -0.394 e. The van der Waals surface area contributed by atoms with Crippen molar-refractivity contribution in [3.05, 3.63) is 0 Å². The van der Waals surface area contributed by atoms with Crippen LogP contribution in [0.5, 0.6) is 0 Å². The molecule has 0 aliphatic carbocycles. The Morgan fingerprint density at radius 3 is 2.40 bits per heavy atom. The number of rotatable bonds is 8. The first-order valence-corrected chi connectivity index (χ1v) is 5.80. The van der Waals surface area contributed by atoms with Gasteiger partial charge in [-0.25, -0.2) is 0 Å². The number of hydrogen-bond acceptors (Lipinski definition) is 3. The minimum absolute atomic E-state index is 0.0469. The van der Waals surface area contributed by atoms with E-state index in [4.69, 9.17) is 9.84 Å². The smallest absolute Gasteiger partial charge is 0.0773 e. The first-order valence-electron chi connectivity index (χ1n) is 5.80. The fraction of sp³-hybridized carbons (Fsp3) is 1.00. The summed E-state index contributed by atoms with van der Waals surface area (Å²) in [6.07, 6.45) is 1.05. The molecule has 0 aliphatic rings. The first kappa shape index (κ1) is 14.9. The van der Waals surface area contributed by atoms with Crippen molar-refractivity contribution in [3.8, 4) is 0 Å². The Balaban J connectivity index is 3.95. The molecule has 2 unspecified atom stereocenters. The second-order valence-electron chi connectivity index (χ2n) is 5.01. The van der Waals surface area contributed by atoms with E-state index in [2.05, 4.69) is 27.7 Å². The highest BCUT2D eigenvalue weighted by Crippen LogP contribution is 2.30. The molecule has 0 aliphatic heterocycles. The van der Waals surface area contributed by atoms with E-state index in [9.17, 15) is 5.11 Å². The van der Waals surface area contributed by atoms with Gasteiger partial charge in [-0.15, -0.1) is 0 Å². The summed E-state index contributed by atoms with van der Waals surface area (Å²) in [5, 5.41) is 18.2. The summed E-state index contributed by atoms with van der Waals surface area (Å²) in [6.45, 7) is 9.80. The second kappa shape index (κ2) is 7.20. The Labute approximate surface area is 93.5 Å². The maximum atomic E-state index is 9.37. The van der Waals surface area contributed by atoms with Gasteiger partial charge in [0, 0.05) is 6.61 Å². The van der Waals surface area contributed by atoms with Crippen LogP contribution >= 0.6 is 0 Å². The lowest BCUT2D eigenvalue weighted by Crippen LogP contribution is -2.31. The molecule has 3 heteroatoms. The van der Waals surface area contributed by atoms with Gasteiger partial charge in [-0.2, -0.15) is 0 Å². The van der Waals surface area contributed by atoms with E-state index in [1.54, 1.807) is 0 Å².